The van der Waals surface area contributed by atoms with Gasteiger partial charge in [-0.3, -0.25) is 0 Å². The summed E-state index contributed by atoms with van der Waals surface area (Å²) in [5.74, 6) is 0.341. The molecule has 0 bridgehead atoms. The number of hydrogen-bond donors (Lipinski definition) is 0. The molecule has 0 spiro atoms. The van der Waals surface area contributed by atoms with Crippen LogP contribution in [-0.2, 0) is 4.79 Å². The Balaban J connectivity index is -0.000000170. The number of unbranched alkanes of at least 4 members (excludes halogenated alkanes) is 8. The van der Waals surface area contributed by atoms with Crippen LogP contribution in [0.3, 0.4) is 0 Å². The molecule has 1 N–H and O–H groups in total. The molecule has 0 aromatic rings. The first-order valence-corrected chi connectivity index (χ1v) is 9.57. The number of carbonyl (C=O) groups is 1. The predicted octanol–water partition coefficient (Wildman–Crippen LogP) is 6.71. The molecule has 0 aliphatic carbocycles. The summed E-state index contributed by atoms with van der Waals surface area (Å²) in [5.41, 5.74) is 0. The van der Waals surface area contributed by atoms with Crippen LogP contribution in [0.4, 0.5) is 0 Å². The quantitative estimate of drug-likeness (QED) is 0.325. The van der Waals surface area contributed by atoms with Gasteiger partial charge >= 0.3 is 0 Å². The Kier molecular flexibility index (Phi) is 50.0. The third-order valence-corrected chi connectivity index (χ3v) is 2.63. The number of ketones is 1. The van der Waals surface area contributed by atoms with Crippen molar-refractivity contribution in [3.05, 3.63) is 0 Å². The maximum absolute atomic E-state index is 10.7. The number of carbonyl (C=O) groups excluding carboxylic acids is 1. The van der Waals surface area contributed by atoms with Crippen LogP contribution in [0.15, 0.2) is 0 Å². The molecule has 0 radical (unpaired) electrons. The van der Waals surface area contributed by atoms with Crippen LogP contribution in [0.1, 0.15) is 112 Å². The zero-order chi connectivity index (χ0) is 18.1. The maximum Gasteiger partial charge on any atom is 0.134 e. The summed E-state index contributed by atoms with van der Waals surface area (Å²) in [7, 11) is 3.50. The van der Waals surface area contributed by atoms with Crippen LogP contribution >= 0.6 is 0 Å². The SMILES string of the molecule is CC.CCC.CCCCCCCCCCCC(C)=O.C[OH+]C. The predicted molar refractivity (Wildman–Crippen MR) is 104 cm³/mol. The van der Waals surface area contributed by atoms with E-state index in [1.54, 1.807) is 21.1 Å². The number of ether oxygens (including phenoxy) is 1. The Morgan fingerprint density at radius 1 is 0.727 bits per heavy atom. The van der Waals surface area contributed by atoms with E-state index < -0.39 is 0 Å². The van der Waals surface area contributed by atoms with Crippen LogP contribution in [0.5, 0.6) is 0 Å². The van der Waals surface area contributed by atoms with E-state index in [-0.39, 0.29) is 0 Å². The molecule has 0 rings (SSSR count). The highest BCUT2D eigenvalue weighted by atomic mass is 16.4. The van der Waals surface area contributed by atoms with E-state index in [1.807, 2.05) is 13.8 Å². The van der Waals surface area contributed by atoms with Gasteiger partial charge in [0.1, 0.15) is 20.0 Å². The minimum atomic E-state index is 0.341. The third-order valence-electron chi connectivity index (χ3n) is 2.63. The molecule has 2 nitrogen and oxygen atoms in total. The Bertz CT molecular complexity index is 154. The van der Waals surface area contributed by atoms with E-state index in [1.165, 1.54) is 57.8 Å². The number of aliphatic hydroxyl groups is 2. The highest BCUT2D eigenvalue weighted by molar-refractivity contribution is 5.75. The molecular formula is C20H47O2+. The van der Waals surface area contributed by atoms with E-state index in [9.17, 15) is 4.79 Å². The Labute approximate surface area is 142 Å². The summed E-state index contributed by atoms with van der Waals surface area (Å²) < 4.78 is 3.50. The lowest BCUT2D eigenvalue weighted by molar-refractivity contribution is -0.117. The molecule has 0 atom stereocenters. The smallest absolute Gasteiger partial charge is 0.134 e. The molecule has 0 aromatic heterocycles. The highest BCUT2D eigenvalue weighted by Gasteiger charge is 1.94. The van der Waals surface area contributed by atoms with Crippen molar-refractivity contribution in [2.75, 3.05) is 14.2 Å². The van der Waals surface area contributed by atoms with Gasteiger partial charge in [0.15, 0.2) is 0 Å². The summed E-state index contributed by atoms with van der Waals surface area (Å²) in [6.45, 7) is 12.2. The summed E-state index contributed by atoms with van der Waals surface area (Å²) in [4.78, 5) is 10.7. The fraction of sp³-hybridized carbons (Fsp3) is 0.950. The van der Waals surface area contributed by atoms with Gasteiger partial charge in [-0.05, 0) is 13.3 Å². The summed E-state index contributed by atoms with van der Waals surface area (Å²) in [6.07, 6.45) is 14.0. The minimum absolute atomic E-state index is 0.341. The Morgan fingerprint density at radius 3 is 1.27 bits per heavy atom. The van der Waals surface area contributed by atoms with Crippen molar-refractivity contribution in [2.45, 2.75) is 112 Å². The van der Waals surface area contributed by atoms with E-state index in [2.05, 4.69) is 25.5 Å². The molecule has 22 heavy (non-hydrogen) atoms. The van der Waals surface area contributed by atoms with Gasteiger partial charge in [0.2, 0.25) is 0 Å². The van der Waals surface area contributed by atoms with E-state index in [0.717, 1.165) is 12.8 Å². The lowest BCUT2D eigenvalue weighted by atomic mass is 10.1. The van der Waals surface area contributed by atoms with Crippen molar-refractivity contribution in [1.29, 1.82) is 0 Å². The second kappa shape index (κ2) is 37.1. The molecular weight excluding hydrogens is 272 g/mol. The number of Topliss-reactive ketones (excluding diaryl/α,β-unsaturated/α-hetero) is 1. The third kappa shape index (κ3) is 60.3. The second-order valence-corrected chi connectivity index (χ2v) is 5.43. The summed E-state index contributed by atoms with van der Waals surface area (Å²) in [6, 6.07) is 0. The minimum Gasteiger partial charge on any atom is -0.438 e. The standard InChI is InChI=1S/C13H26O.C3H8.C2H6O.C2H6/c1-3-4-5-6-7-8-9-10-11-12-13(2)14;2*1-3-2;1-2/h3-12H2,1-2H3;3H2,1-2H3;1-2H3;1-2H3/p+1. The van der Waals surface area contributed by atoms with Crippen molar-refractivity contribution in [2.24, 2.45) is 0 Å². The first-order chi connectivity index (χ1) is 10.6. The van der Waals surface area contributed by atoms with Gasteiger partial charge in [0.05, 0.1) is 0 Å². The molecule has 0 unspecified atom stereocenters. The normalized spacial score (nSPS) is 8.55. The van der Waals surface area contributed by atoms with Gasteiger partial charge in [-0.2, -0.15) is 0 Å². The van der Waals surface area contributed by atoms with Crippen molar-refractivity contribution >= 4 is 5.78 Å². The lowest BCUT2D eigenvalue weighted by Gasteiger charge is -2.00. The van der Waals surface area contributed by atoms with Crippen LogP contribution in [0.2, 0.25) is 0 Å². The molecule has 0 fully saturated rings. The van der Waals surface area contributed by atoms with Gasteiger partial charge in [-0.15, -0.1) is 0 Å². The number of hydrogen-bond acceptors (Lipinski definition) is 1. The van der Waals surface area contributed by atoms with Crippen molar-refractivity contribution in [1.82, 2.24) is 0 Å². The molecule has 0 heterocycles. The first-order valence-electron chi connectivity index (χ1n) is 9.57. The van der Waals surface area contributed by atoms with Crippen molar-refractivity contribution < 1.29 is 9.53 Å². The van der Waals surface area contributed by atoms with Gasteiger partial charge in [0, 0.05) is 6.42 Å². The van der Waals surface area contributed by atoms with Gasteiger partial charge in [-0.1, -0.05) is 92.4 Å². The van der Waals surface area contributed by atoms with Crippen LogP contribution < -0.4 is 0 Å². The van der Waals surface area contributed by atoms with E-state index in [4.69, 9.17) is 0 Å². The largest absolute Gasteiger partial charge is 0.438 e. The first kappa shape index (κ1) is 29.6. The fourth-order valence-corrected chi connectivity index (χ4v) is 1.68. The number of rotatable bonds is 10. The molecule has 0 saturated heterocycles. The second-order valence-electron chi connectivity index (χ2n) is 5.43. The summed E-state index contributed by atoms with van der Waals surface area (Å²) >= 11 is 0. The monoisotopic (exact) mass is 319 g/mol. The Hall–Kier alpha value is -0.370. The molecule has 138 valence electrons. The van der Waals surface area contributed by atoms with Gasteiger partial charge < -0.3 is 9.53 Å². The van der Waals surface area contributed by atoms with Gasteiger partial charge in [0.25, 0.3) is 0 Å². The average Bonchev–Trinajstić information content (AvgIpc) is 2.49. The maximum atomic E-state index is 10.7. The van der Waals surface area contributed by atoms with Crippen molar-refractivity contribution in [3.8, 4) is 0 Å². The molecule has 0 aromatic carbocycles. The molecule has 2 heteroatoms. The zero-order valence-electron chi connectivity index (χ0n) is 17.1. The van der Waals surface area contributed by atoms with Gasteiger partial charge in [-0.25, -0.2) is 0 Å². The highest BCUT2D eigenvalue weighted by Crippen LogP contribution is 2.10. The van der Waals surface area contributed by atoms with Crippen LogP contribution in [-0.4, -0.2) is 24.7 Å². The molecule has 0 aliphatic heterocycles. The average molecular weight is 320 g/mol. The lowest BCUT2D eigenvalue weighted by Crippen LogP contribution is -1.89. The zero-order valence-corrected chi connectivity index (χ0v) is 17.1. The molecule has 0 aliphatic rings. The van der Waals surface area contributed by atoms with Crippen LogP contribution in [0, 0.1) is 0 Å². The molecule has 0 saturated carbocycles. The van der Waals surface area contributed by atoms with Crippen LogP contribution in [0.25, 0.3) is 0 Å². The van der Waals surface area contributed by atoms with E-state index in [0.29, 0.717) is 5.78 Å². The van der Waals surface area contributed by atoms with Crippen molar-refractivity contribution in [3.63, 3.8) is 0 Å². The summed E-state index contributed by atoms with van der Waals surface area (Å²) in [5, 5.41) is 0. The van der Waals surface area contributed by atoms with E-state index >= 15 is 0 Å². The Morgan fingerprint density at radius 2 is 1.00 bits per heavy atom. The molecule has 0 amide bonds. The fourth-order valence-electron chi connectivity index (χ4n) is 1.68. The topological polar surface area (TPSA) is 29.9 Å².